The van der Waals surface area contributed by atoms with Crippen LogP contribution in [0.15, 0.2) is 6.20 Å². The minimum absolute atomic E-state index is 0.349. The molecule has 3 aliphatic rings. The second kappa shape index (κ2) is 5.71. The number of fused-ring (bicyclic) bond motifs is 2. The molecule has 1 aromatic rings. The number of morpholine rings is 1. The van der Waals surface area contributed by atoms with Gasteiger partial charge in [-0.25, -0.2) is 0 Å². The summed E-state index contributed by atoms with van der Waals surface area (Å²) in [5.41, 5.74) is 2.81. The van der Waals surface area contributed by atoms with Gasteiger partial charge in [-0.05, 0) is 38.6 Å². The van der Waals surface area contributed by atoms with E-state index in [9.17, 15) is 0 Å². The van der Waals surface area contributed by atoms with Gasteiger partial charge in [0.2, 0.25) is 0 Å². The van der Waals surface area contributed by atoms with Crippen molar-refractivity contribution in [3.63, 3.8) is 0 Å². The van der Waals surface area contributed by atoms with E-state index in [-0.39, 0.29) is 0 Å². The van der Waals surface area contributed by atoms with Crippen molar-refractivity contribution in [3.05, 3.63) is 17.5 Å². The molecule has 3 unspecified atom stereocenters. The average Bonchev–Trinajstić information content (AvgIpc) is 3.12. The van der Waals surface area contributed by atoms with Crippen LogP contribution < -0.4 is 5.32 Å². The Bertz CT molecular complexity index is 500. The number of hydrogen-bond donors (Lipinski definition) is 1. The Balaban J connectivity index is 1.35. The molecule has 5 heteroatoms. The largest absolute Gasteiger partial charge is 0.374 e. The van der Waals surface area contributed by atoms with Gasteiger partial charge in [-0.1, -0.05) is 0 Å². The first-order valence-corrected chi connectivity index (χ1v) is 8.41. The van der Waals surface area contributed by atoms with Crippen LogP contribution in [-0.2, 0) is 18.2 Å². The van der Waals surface area contributed by atoms with Crippen LogP contribution in [0.4, 0.5) is 0 Å². The molecule has 0 radical (unpaired) electrons. The maximum Gasteiger partial charge on any atom is 0.0827 e. The van der Waals surface area contributed by atoms with Crippen LogP contribution in [0.1, 0.15) is 43.0 Å². The van der Waals surface area contributed by atoms with E-state index in [4.69, 9.17) is 4.74 Å². The third kappa shape index (κ3) is 2.62. The number of nitrogens with zero attached hydrogens (tertiary/aromatic N) is 3. The summed E-state index contributed by atoms with van der Waals surface area (Å²) in [6.07, 6.45) is 8.70. The van der Waals surface area contributed by atoms with Crippen molar-refractivity contribution >= 4 is 0 Å². The molecule has 3 heterocycles. The SMILES string of the molecule is Cn1ncc2c1CCCC2NCC1CN2CCCC2CO1. The highest BCUT2D eigenvalue weighted by Gasteiger charge is 2.32. The number of ether oxygens (including phenoxy) is 1. The molecule has 0 saturated carbocycles. The average molecular weight is 290 g/mol. The Morgan fingerprint density at radius 3 is 3.29 bits per heavy atom. The highest BCUT2D eigenvalue weighted by atomic mass is 16.5. The van der Waals surface area contributed by atoms with E-state index in [0.717, 1.165) is 19.7 Å². The van der Waals surface area contributed by atoms with E-state index in [1.807, 2.05) is 10.9 Å². The maximum atomic E-state index is 6.05. The molecule has 5 nitrogen and oxygen atoms in total. The summed E-state index contributed by atoms with van der Waals surface area (Å²) >= 11 is 0. The Morgan fingerprint density at radius 2 is 2.33 bits per heavy atom. The van der Waals surface area contributed by atoms with Gasteiger partial charge in [-0.15, -0.1) is 0 Å². The topological polar surface area (TPSA) is 42.3 Å². The summed E-state index contributed by atoms with van der Waals surface area (Å²) in [4.78, 5) is 2.62. The van der Waals surface area contributed by atoms with Crippen LogP contribution in [-0.4, -0.2) is 53.1 Å². The summed E-state index contributed by atoms with van der Waals surface area (Å²) in [5.74, 6) is 0. The lowest BCUT2D eigenvalue weighted by Gasteiger charge is -2.36. The zero-order valence-corrected chi connectivity index (χ0v) is 12.9. The molecule has 0 spiro atoms. The van der Waals surface area contributed by atoms with Crippen molar-refractivity contribution in [1.29, 1.82) is 0 Å². The molecular weight excluding hydrogens is 264 g/mol. The van der Waals surface area contributed by atoms with Crippen molar-refractivity contribution in [3.8, 4) is 0 Å². The molecule has 1 aliphatic carbocycles. The number of nitrogens with one attached hydrogen (secondary N) is 1. The summed E-state index contributed by atoms with van der Waals surface area (Å²) in [7, 11) is 2.05. The lowest BCUT2D eigenvalue weighted by molar-refractivity contribution is -0.0480. The molecule has 2 aliphatic heterocycles. The Morgan fingerprint density at radius 1 is 1.38 bits per heavy atom. The van der Waals surface area contributed by atoms with Gasteiger partial charge in [-0.3, -0.25) is 9.58 Å². The van der Waals surface area contributed by atoms with Crippen LogP contribution in [0.5, 0.6) is 0 Å². The van der Waals surface area contributed by atoms with Gasteiger partial charge in [0.1, 0.15) is 0 Å². The van der Waals surface area contributed by atoms with Crippen molar-refractivity contribution in [1.82, 2.24) is 20.0 Å². The first-order chi connectivity index (χ1) is 10.3. The van der Waals surface area contributed by atoms with E-state index in [2.05, 4.69) is 22.4 Å². The minimum atomic E-state index is 0.349. The summed E-state index contributed by atoms with van der Waals surface area (Å²) in [6.45, 7) is 4.25. The first kappa shape index (κ1) is 13.7. The smallest absolute Gasteiger partial charge is 0.0827 e. The van der Waals surface area contributed by atoms with Crippen molar-refractivity contribution in [2.45, 2.75) is 50.3 Å². The van der Waals surface area contributed by atoms with E-state index in [1.165, 1.54) is 49.9 Å². The van der Waals surface area contributed by atoms with Gasteiger partial charge in [-0.2, -0.15) is 5.10 Å². The molecular formula is C16H26N4O. The molecule has 0 bridgehead atoms. The molecule has 3 atom stereocenters. The van der Waals surface area contributed by atoms with Gasteiger partial charge in [0.05, 0.1) is 18.9 Å². The standard InChI is InChI=1S/C16H26N4O/c1-19-16-6-2-5-15(14(16)9-18-19)17-8-13-10-20-7-3-4-12(20)11-21-13/h9,12-13,15,17H,2-8,10-11H2,1H3. The number of aromatic nitrogens is 2. The number of hydrogen-bond acceptors (Lipinski definition) is 4. The monoisotopic (exact) mass is 290 g/mol. The summed E-state index contributed by atoms with van der Waals surface area (Å²) in [5, 5.41) is 8.16. The summed E-state index contributed by atoms with van der Waals surface area (Å²) in [6, 6.07) is 1.16. The highest BCUT2D eigenvalue weighted by Crippen LogP contribution is 2.29. The molecule has 2 fully saturated rings. The van der Waals surface area contributed by atoms with Crippen molar-refractivity contribution < 1.29 is 4.74 Å². The Labute approximate surface area is 126 Å². The van der Waals surface area contributed by atoms with Gasteiger partial charge in [0.25, 0.3) is 0 Å². The highest BCUT2D eigenvalue weighted by molar-refractivity contribution is 5.24. The fourth-order valence-electron chi connectivity index (χ4n) is 4.20. The van der Waals surface area contributed by atoms with Crippen LogP contribution >= 0.6 is 0 Å². The Hall–Kier alpha value is -0.910. The molecule has 116 valence electrons. The molecule has 1 aromatic heterocycles. The second-order valence-electron chi connectivity index (χ2n) is 6.77. The third-order valence-electron chi connectivity index (χ3n) is 5.43. The quantitative estimate of drug-likeness (QED) is 0.910. The summed E-state index contributed by atoms with van der Waals surface area (Å²) < 4.78 is 8.09. The lowest BCUT2D eigenvalue weighted by Crippen LogP contribution is -2.49. The van der Waals surface area contributed by atoms with E-state index < -0.39 is 0 Å². The second-order valence-corrected chi connectivity index (χ2v) is 6.77. The molecule has 0 aromatic carbocycles. The zero-order chi connectivity index (χ0) is 14.2. The van der Waals surface area contributed by atoms with Crippen LogP contribution in [0.2, 0.25) is 0 Å². The van der Waals surface area contributed by atoms with Crippen molar-refractivity contribution in [2.75, 3.05) is 26.2 Å². The fourth-order valence-corrected chi connectivity index (χ4v) is 4.20. The minimum Gasteiger partial charge on any atom is -0.374 e. The van der Waals surface area contributed by atoms with Gasteiger partial charge in [0, 0.05) is 43.5 Å². The molecule has 0 amide bonds. The van der Waals surface area contributed by atoms with Gasteiger partial charge < -0.3 is 10.1 Å². The van der Waals surface area contributed by atoms with Crippen molar-refractivity contribution in [2.24, 2.45) is 7.05 Å². The van der Waals surface area contributed by atoms with Crippen LogP contribution in [0, 0.1) is 0 Å². The molecule has 1 N–H and O–H groups in total. The zero-order valence-electron chi connectivity index (χ0n) is 12.9. The van der Waals surface area contributed by atoms with Gasteiger partial charge >= 0.3 is 0 Å². The predicted molar refractivity (Wildman–Crippen MR) is 81.2 cm³/mol. The van der Waals surface area contributed by atoms with E-state index in [0.29, 0.717) is 18.2 Å². The lowest BCUT2D eigenvalue weighted by atomic mass is 9.93. The van der Waals surface area contributed by atoms with Crippen LogP contribution in [0.25, 0.3) is 0 Å². The third-order valence-corrected chi connectivity index (χ3v) is 5.43. The Kier molecular flexibility index (Phi) is 3.73. The fraction of sp³-hybridized carbons (Fsp3) is 0.812. The first-order valence-electron chi connectivity index (χ1n) is 8.41. The van der Waals surface area contributed by atoms with Gasteiger partial charge in [0.15, 0.2) is 0 Å². The molecule has 2 saturated heterocycles. The number of aryl methyl sites for hydroxylation is 1. The predicted octanol–water partition coefficient (Wildman–Crippen LogP) is 1.25. The number of rotatable bonds is 3. The van der Waals surface area contributed by atoms with E-state index >= 15 is 0 Å². The molecule has 4 rings (SSSR count). The van der Waals surface area contributed by atoms with E-state index in [1.54, 1.807) is 0 Å². The molecule has 21 heavy (non-hydrogen) atoms. The maximum absolute atomic E-state index is 6.05. The van der Waals surface area contributed by atoms with Crippen LogP contribution in [0.3, 0.4) is 0 Å². The normalized spacial score (nSPS) is 32.9.